The van der Waals surface area contributed by atoms with Crippen molar-refractivity contribution in [2.75, 3.05) is 67.2 Å². The summed E-state index contributed by atoms with van der Waals surface area (Å²) in [6.07, 6.45) is -9.99. The maximum Gasteiger partial charge on any atom is 1.00 e. The molecule has 12 N–H and O–H groups in total. The number of nitrogens with two attached hydrogens (primary N) is 4. The van der Waals surface area contributed by atoms with E-state index in [0.29, 0.717) is 68.0 Å². The summed E-state index contributed by atoms with van der Waals surface area (Å²) in [6, 6.07) is 37.3. The number of anilines is 4. The molecule has 20 rings (SSSR count). The Morgan fingerprint density at radius 3 is 0.832 bits per heavy atom. The zero-order chi connectivity index (χ0) is 96.5. The van der Waals surface area contributed by atoms with Gasteiger partial charge in [-0.3, -0.25) is 59.8 Å². The van der Waals surface area contributed by atoms with E-state index in [2.05, 4.69) is 59.8 Å². The number of ether oxygens (including phenoxy) is 7. The van der Waals surface area contributed by atoms with Crippen molar-refractivity contribution < 1.29 is 152 Å². The number of aromatic nitrogens is 16. The molecule has 12 aromatic rings. The van der Waals surface area contributed by atoms with Crippen molar-refractivity contribution in [1.82, 2.24) is 78.1 Å². The first kappa shape index (κ1) is 101. The fourth-order valence-electron chi connectivity index (χ4n) is 15.3. The molecule has 0 aliphatic carbocycles. The third-order valence-electron chi connectivity index (χ3n) is 22.0. The van der Waals surface area contributed by atoms with Crippen LogP contribution in [0, 0.1) is 16.2 Å². The van der Waals surface area contributed by atoms with Gasteiger partial charge < -0.3 is 90.5 Å². The van der Waals surface area contributed by atoms with Gasteiger partial charge >= 0.3 is 67.9 Å². The van der Waals surface area contributed by atoms with E-state index in [1.807, 2.05) is 121 Å². The van der Waals surface area contributed by atoms with Gasteiger partial charge in [-0.2, -0.15) is 0 Å². The van der Waals surface area contributed by atoms with Crippen LogP contribution in [0.3, 0.4) is 0 Å². The molecule has 55 heteroatoms. The van der Waals surface area contributed by atoms with E-state index in [1.165, 1.54) is 25.3 Å². The Kier molecular flexibility index (Phi) is 30.2. The largest absolute Gasteiger partial charge is 1.00 e. The standard InChI is InChI=1S/3C22H26N5O7PS.C16H16N5O5PS.Na/c3*1-22(2,3)21(29)31-11-36-35(30)32-9-13-16(34-35)15(28)20(33-13)27-18(12-7-5-4-6-8-12)26-14-17(23)24-10-25-19(14)27;17-13-10-15(19-7-18-13)21(14(20-10)8-4-2-1-3-5-8)16-11(22)12-9(25-16)6-24-27(23,28)26-12;/h3*4-8,10,13,15-16,20,28H,9,11H2,1-3H3,(H2,23,24,25);1-5,7,9,11-12,16,22H,6H2,(H,23,28)(H2,17,18,19);/q;;;;+1/p-1/t2*13?,15-,16?,20+,35+;13?,15-,16?,20+,35-;9?,11-,12?,16+,27?;/m0000./s1. The minimum Gasteiger partial charge on any atom is -0.780 e. The summed E-state index contributed by atoms with van der Waals surface area (Å²) >= 11 is 7.03. The number of imidazole rings is 4. The van der Waals surface area contributed by atoms with Gasteiger partial charge in [-0.15, -0.1) is 0 Å². The topological polar surface area (TPSA) is 623 Å². The third kappa shape index (κ3) is 21.3. The molecule has 20 atom stereocenters. The summed E-state index contributed by atoms with van der Waals surface area (Å²) in [5.41, 5.74) is 28.0. The van der Waals surface area contributed by atoms with E-state index in [9.17, 15) is 53.4 Å². The quantitative estimate of drug-likeness (QED) is 0.0154. The molecule has 4 aromatic carbocycles. The second-order valence-corrected chi connectivity index (χ2v) is 49.3. The van der Waals surface area contributed by atoms with E-state index in [-0.39, 0.29) is 97.1 Å². The van der Waals surface area contributed by atoms with Gasteiger partial charge in [0.25, 0.3) is 0 Å². The van der Waals surface area contributed by atoms with Crippen LogP contribution >= 0.6 is 61.3 Å². The molecule has 0 spiro atoms. The summed E-state index contributed by atoms with van der Waals surface area (Å²) in [5, 5.41) is 44.7. The van der Waals surface area contributed by atoms with Crippen LogP contribution in [0.1, 0.15) is 87.2 Å². The fourth-order valence-corrected chi connectivity index (χ4v) is 25.1. The van der Waals surface area contributed by atoms with Crippen LogP contribution in [0.4, 0.5) is 23.3 Å². The Balaban J connectivity index is 0.000000132. The maximum absolute atomic E-state index is 13.2. The van der Waals surface area contributed by atoms with Crippen molar-refractivity contribution >= 4 is 159 Å². The van der Waals surface area contributed by atoms with Gasteiger partial charge in [0.1, 0.15) is 146 Å². The first-order valence-corrected chi connectivity index (χ1v) is 54.0. The monoisotopic (exact) mass is 2050 g/mol. The average molecular weight is 2050 g/mol. The fraction of sp³-hybridized carbons (Fsp3) is 0.427. The first-order chi connectivity index (χ1) is 64.7. The molecule has 8 fully saturated rings. The number of hydrogen-bond donors (Lipinski definition) is 8. The zero-order valence-electron chi connectivity index (χ0n) is 74.7. The van der Waals surface area contributed by atoms with Gasteiger partial charge in [0, 0.05) is 56.4 Å². The zero-order valence-corrected chi connectivity index (χ0v) is 83.5. The van der Waals surface area contributed by atoms with E-state index < -0.39 is 159 Å². The van der Waals surface area contributed by atoms with Gasteiger partial charge in [0.15, 0.2) is 92.8 Å². The molecule has 137 heavy (non-hydrogen) atoms. The van der Waals surface area contributed by atoms with Crippen molar-refractivity contribution in [1.29, 1.82) is 0 Å². The van der Waals surface area contributed by atoms with Crippen molar-refractivity contribution in [2.45, 2.75) is 160 Å². The maximum atomic E-state index is 13.2. The molecule has 46 nitrogen and oxygen atoms in total. The molecular formula is C82H93N20NaO26P4S4. The summed E-state index contributed by atoms with van der Waals surface area (Å²) < 4.78 is 130. The molecule has 722 valence electrons. The number of aliphatic hydroxyl groups excluding tert-OH is 4. The van der Waals surface area contributed by atoms with Gasteiger partial charge in [0.05, 0.1) is 42.7 Å². The molecular weight excluding hydrogens is 1960 g/mol. The van der Waals surface area contributed by atoms with Crippen molar-refractivity contribution in [3.05, 3.63) is 147 Å². The second kappa shape index (κ2) is 40.8. The number of benzene rings is 4. The number of carbonyl (C=O) groups is 3. The Hall–Kier alpha value is -8.60. The predicted octanol–water partition coefficient (Wildman–Crippen LogP) is 6.75. The minimum atomic E-state index is -3.73. The second-order valence-electron chi connectivity index (χ2n) is 34.7. The third-order valence-corrected chi connectivity index (χ3v) is 33.6. The first-order valence-electron chi connectivity index (χ1n) is 42.0. The SMILES string of the molecule is CC(C)(C)C(=O)OCS[P@@]1(=O)OCC2O[C@@H](n3c(-c4ccccc4)nc4c(N)ncnc43)[C@@H](O)C2O1.CC(C)(C)C(=O)OCS[P@]1(=O)OCC2O[C@@H](n3c(-c4ccccc4)nc4c(N)ncnc43)[C@@H](O)C2O1.CC(C)(C)C(=O)OCS[P@]1(=O)OCC2O[C@@H](n3c(-c4ccccc4)nc4c(N)ncnc43)[C@@H](O)C2O1.Nc1ncnc2c1nc(-c1ccccc1)n2[C@@H]1OC2COP([O-])(=S)OC2[C@@H]1O.[Na+]. The van der Waals surface area contributed by atoms with E-state index in [4.69, 9.17) is 104 Å². The van der Waals surface area contributed by atoms with E-state index >= 15 is 0 Å². The summed E-state index contributed by atoms with van der Waals surface area (Å²) in [6.45, 7) is 0.326. The van der Waals surface area contributed by atoms with Gasteiger partial charge in [-0.05, 0) is 62.3 Å². The Bertz CT molecular complexity index is 6180. The van der Waals surface area contributed by atoms with Crippen molar-refractivity contribution in [2.24, 2.45) is 16.2 Å². The smallest absolute Gasteiger partial charge is 0.780 e. The average Bonchev–Trinajstić information content (AvgIpc) is 1.60. The minimum absolute atomic E-state index is 0. The summed E-state index contributed by atoms with van der Waals surface area (Å²) in [5.74, 6) is 0.682. The van der Waals surface area contributed by atoms with Crippen molar-refractivity contribution in [3.8, 4) is 45.6 Å². The Labute approximate surface area is 819 Å². The number of esters is 3. The predicted molar refractivity (Wildman–Crippen MR) is 495 cm³/mol. The van der Waals surface area contributed by atoms with Crippen LogP contribution in [-0.2, 0) is 109 Å². The number of hydrogen-bond acceptors (Lipinski definition) is 46. The molecule has 9 unspecified atom stereocenters. The van der Waals surface area contributed by atoms with Crippen molar-refractivity contribution in [3.63, 3.8) is 0 Å². The van der Waals surface area contributed by atoms with E-state index in [0.717, 1.165) is 56.4 Å². The normalized spacial score (nSPS) is 28.9. The molecule has 0 amide bonds. The summed E-state index contributed by atoms with van der Waals surface area (Å²) in [7, 11) is 0. The Morgan fingerprint density at radius 1 is 0.387 bits per heavy atom. The van der Waals surface area contributed by atoms with Crippen LogP contribution in [-0.4, -0.2) is 234 Å². The van der Waals surface area contributed by atoms with Crippen LogP contribution in [0.2, 0.25) is 0 Å². The van der Waals surface area contributed by atoms with E-state index in [1.54, 1.807) is 80.6 Å². The number of carbonyl (C=O) groups excluding carboxylic acids is 3. The van der Waals surface area contributed by atoms with Gasteiger partial charge in [0.2, 0.25) is 0 Å². The number of rotatable bonds is 17. The molecule has 8 aliphatic rings. The molecule has 8 saturated heterocycles. The van der Waals surface area contributed by atoms with Crippen LogP contribution in [0.5, 0.6) is 0 Å². The van der Waals surface area contributed by atoms with Crippen LogP contribution in [0.15, 0.2) is 147 Å². The number of fused-ring (bicyclic) bond motifs is 8. The summed E-state index contributed by atoms with van der Waals surface area (Å²) in [4.78, 5) is 99.8. The molecule has 0 saturated carbocycles. The molecule has 16 heterocycles. The van der Waals surface area contributed by atoms with Crippen LogP contribution in [0.25, 0.3) is 90.2 Å². The molecule has 8 aliphatic heterocycles. The number of nitrogens with zero attached hydrogens (tertiary/aromatic N) is 16. The number of aliphatic hydroxyl groups is 4. The van der Waals surface area contributed by atoms with Crippen LogP contribution < -0.4 is 57.4 Å². The molecule has 0 bridgehead atoms. The molecule has 8 aromatic heterocycles. The number of nitrogen functional groups attached to an aromatic ring is 4. The Morgan fingerprint density at radius 2 is 0.606 bits per heavy atom. The molecule has 0 radical (unpaired) electrons. The van der Waals surface area contributed by atoms with Gasteiger partial charge in [-0.25, -0.2) is 73.5 Å². The van der Waals surface area contributed by atoms with Gasteiger partial charge in [-0.1, -0.05) is 133 Å².